The van der Waals surface area contributed by atoms with Gasteiger partial charge in [0.25, 0.3) is 5.56 Å². The third kappa shape index (κ3) is 4.15. The van der Waals surface area contributed by atoms with Crippen molar-refractivity contribution in [2.75, 3.05) is 13.7 Å². The molecule has 0 saturated heterocycles. The van der Waals surface area contributed by atoms with Crippen molar-refractivity contribution in [3.63, 3.8) is 0 Å². The van der Waals surface area contributed by atoms with Gasteiger partial charge in [0.1, 0.15) is 23.0 Å². The average Bonchev–Trinajstić information content (AvgIpc) is 3.27. The van der Waals surface area contributed by atoms with Crippen LogP contribution >= 0.6 is 0 Å². The fourth-order valence-corrected chi connectivity index (χ4v) is 4.00. The molecule has 9 nitrogen and oxygen atoms in total. The normalized spacial score (nSPS) is 11.1. The van der Waals surface area contributed by atoms with E-state index < -0.39 is 11.2 Å². The molecule has 0 bridgehead atoms. The molecule has 0 spiro atoms. The summed E-state index contributed by atoms with van der Waals surface area (Å²) in [7, 11) is 1.57. The number of benzene rings is 2. The Balaban J connectivity index is 1.60. The lowest BCUT2D eigenvalue weighted by Crippen LogP contribution is -2.40. The van der Waals surface area contributed by atoms with E-state index in [1.807, 2.05) is 31.2 Å². The van der Waals surface area contributed by atoms with Crippen LogP contribution in [0.4, 0.5) is 0 Å². The summed E-state index contributed by atoms with van der Waals surface area (Å²) in [5, 5.41) is 0.320. The zero-order valence-corrected chi connectivity index (χ0v) is 20.1. The molecule has 9 heteroatoms. The van der Waals surface area contributed by atoms with Crippen LogP contribution in [0.5, 0.6) is 11.5 Å². The topological polar surface area (TPSA) is 101 Å². The molecule has 0 saturated carbocycles. The second-order valence-corrected chi connectivity index (χ2v) is 8.06. The van der Waals surface area contributed by atoms with Crippen LogP contribution in [0, 0.1) is 6.92 Å². The first-order valence-electron chi connectivity index (χ1n) is 11.4. The molecule has 0 N–H and O–H groups in total. The van der Waals surface area contributed by atoms with Crippen LogP contribution in [0.2, 0.25) is 0 Å². The van der Waals surface area contributed by atoms with Crippen LogP contribution < -0.4 is 20.7 Å². The number of hydrogen-bond donors (Lipinski definition) is 0. The second-order valence-electron chi connectivity index (χ2n) is 8.06. The van der Waals surface area contributed by atoms with Gasteiger partial charge in [0.05, 0.1) is 31.3 Å². The van der Waals surface area contributed by atoms with Gasteiger partial charge < -0.3 is 13.9 Å². The van der Waals surface area contributed by atoms with E-state index in [9.17, 15) is 9.59 Å². The van der Waals surface area contributed by atoms with Gasteiger partial charge in [-0.1, -0.05) is 0 Å². The largest absolute Gasteiger partial charge is 0.497 e. The molecule has 182 valence electrons. The van der Waals surface area contributed by atoms with E-state index in [1.54, 1.807) is 56.6 Å². The molecule has 5 rings (SSSR count). The van der Waals surface area contributed by atoms with Crippen LogP contribution in [-0.2, 0) is 6.54 Å². The van der Waals surface area contributed by atoms with Crippen molar-refractivity contribution in [2.45, 2.75) is 20.4 Å². The van der Waals surface area contributed by atoms with Gasteiger partial charge >= 0.3 is 5.69 Å². The molecular formula is C27H24N4O5. The summed E-state index contributed by atoms with van der Waals surface area (Å²) < 4.78 is 19.2. The fraction of sp³-hybridized carbons (Fsp3) is 0.185. The van der Waals surface area contributed by atoms with Gasteiger partial charge in [-0.3, -0.25) is 9.36 Å². The van der Waals surface area contributed by atoms with Crippen LogP contribution in [0.3, 0.4) is 0 Å². The highest BCUT2D eigenvalue weighted by atomic mass is 16.5. The summed E-state index contributed by atoms with van der Waals surface area (Å²) in [6.07, 6.45) is 1.55. The van der Waals surface area contributed by atoms with E-state index in [4.69, 9.17) is 13.9 Å². The zero-order valence-electron chi connectivity index (χ0n) is 20.1. The minimum absolute atomic E-state index is 0.0506. The van der Waals surface area contributed by atoms with E-state index in [1.165, 1.54) is 4.57 Å². The minimum atomic E-state index is -0.526. The third-order valence-electron chi connectivity index (χ3n) is 5.84. The molecule has 3 heterocycles. The lowest BCUT2D eigenvalue weighted by Gasteiger charge is -2.13. The monoisotopic (exact) mass is 484 g/mol. The van der Waals surface area contributed by atoms with Crippen LogP contribution in [0.25, 0.3) is 28.2 Å². The Bertz CT molecular complexity index is 1650. The maximum absolute atomic E-state index is 13.6. The minimum Gasteiger partial charge on any atom is -0.497 e. The molecule has 0 atom stereocenters. The van der Waals surface area contributed by atoms with E-state index in [-0.39, 0.29) is 12.2 Å². The maximum atomic E-state index is 13.6. The first-order chi connectivity index (χ1) is 17.5. The summed E-state index contributed by atoms with van der Waals surface area (Å²) in [5.74, 6) is 2.32. The quantitative estimate of drug-likeness (QED) is 0.345. The summed E-state index contributed by atoms with van der Waals surface area (Å²) in [6.45, 7) is 4.21. The van der Waals surface area contributed by atoms with Crippen LogP contribution in [-0.4, -0.2) is 32.8 Å². The summed E-state index contributed by atoms with van der Waals surface area (Å²) >= 11 is 0. The Hall–Kier alpha value is -4.66. The molecule has 0 aliphatic carbocycles. The summed E-state index contributed by atoms with van der Waals surface area (Å²) in [5.41, 5.74) is 1.12. The van der Waals surface area contributed by atoms with Gasteiger partial charge in [-0.05, 0) is 74.5 Å². The molecular weight excluding hydrogens is 460 g/mol. The van der Waals surface area contributed by atoms with Crippen molar-refractivity contribution < 1.29 is 13.9 Å². The van der Waals surface area contributed by atoms with Gasteiger partial charge in [0.15, 0.2) is 5.65 Å². The van der Waals surface area contributed by atoms with E-state index in [0.717, 1.165) is 15.9 Å². The number of methoxy groups -OCH3 is 1. The van der Waals surface area contributed by atoms with Crippen molar-refractivity contribution in [1.29, 1.82) is 0 Å². The van der Waals surface area contributed by atoms with Crippen molar-refractivity contribution in [1.82, 2.24) is 19.1 Å². The number of aromatic nitrogens is 4. The predicted molar refractivity (Wildman–Crippen MR) is 135 cm³/mol. The molecule has 5 aromatic rings. The maximum Gasteiger partial charge on any atom is 0.337 e. The average molecular weight is 485 g/mol. The number of rotatable bonds is 7. The molecule has 2 aromatic carbocycles. The van der Waals surface area contributed by atoms with E-state index in [2.05, 4.69) is 9.97 Å². The smallest absolute Gasteiger partial charge is 0.337 e. The Morgan fingerprint density at radius 2 is 1.69 bits per heavy atom. The van der Waals surface area contributed by atoms with Crippen LogP contribution in [0.15, 0.2) is 80.9 Å². The van der Waals surface area contributed by atoms with Crippen LogP contribution in [0.1, 0.15) is 18.4 Å². The number of aryl methyl sites for hydroxylation is 1. The van der Waals surface area contributed by atoms with E-state index in [0.29, 0.717) is 40.8 Å². The molecule has 0 fully saturated rings. The lowest BCUT2D eigenvalue weighted by atomic mass is 10.2. The van der Waals surface area contributed by atoms with Crippen molar-refractivity contribution in [2.24, 2.45) is 0 Å². The standard InChI is InChI=1S/C27H24N4O5/c1-4-35-21-11-7-18(8-12-21)25-29-23(17(2)36-25)16-30-26(32)22-6-5-15-28-24(22)31(27(30)33)19-9-13-20(34-3)14-10-19/h5-15H,4,16H2,1-3H3. The number of hydrogen-bond acceptors (Lipinski definition) is 7. The number of oxazole rings is 1. The number of nitrogens with zero attached hydrogens (tertiary/aromatic N) is 4. The van der Waals surface area contributed by atoms with Gasteiger partial charge in [-0.25, -0.2) is 19.3 Å². The molecule has 0 aliphatic rings. The first-order valence-corrected chi connectivity index (χ1v) is 11.4. The highest BCUT2D eigenvalue weighted by Gasteiger charge is 2.19. The third-order valence-corrected chi connectivity index (χ3v) is 5.84. The highest BCUT2D eigenvalue weighted by Crippen LogP contribution is 2.24. The van der Waals surface area contributed by atoms with Gasteiger partial charge in [-0.15, -0.1) is 0 Å². The summed E-state index contributed by atoms with van der Waals surface area (Å²) in [6, 6.07) is 17.7. The Morgan fingerprint density at radius 3 is 2.39 bits per heavy atom. The molecule has 0 amide bonds. The molecule has 36 heavy (non-hydrogen) atoms. The highest BCUT2D eigenvalue weighted by molar-refractivity contribution is 5.75. The van der Waals surface area contributed by atoms with E-state index >= 15 is 0 Å². The Kier molecular flexibility index (Phi) is 6.12. The number of fused-ring (bicyclic) bond motifs is 1. The van der Waals surface area contributed by atoms with Crippen molar-refractivity contribution in [3.8, 4) is 28.6 Å². The van der Waals surface area contributed by atoms with Gasteiger partial charge in [-0.2, -0.15) is 0 Å². The zero-order chi connectivity index (χ0) is 25.2. The fourth-order valence-electron chi connectivity index (χ4n) is 4.00. The number of ether oxygens (including phenoxy) is 2. The van der Waals surface area contributed by atoms with Gasteiger partial charge in [0, 0.05) is 11.8 Å². The summed E-state index contributed by atoms with van der Waals surface area (Å²) in [4.78, 5) is 35.9. The Morgan fingerprint density at radius 1 is 0.972 bits per heavy atom. The van der Waals surface area contributed by atoms with Crippen molar-refractivity contribution in [3.05, 3.63) is 99.2 Å². The second kappa shape index (κ2) is 9.53. The molecule has 0 radical (unpaired) electrons. The Labute approximate surface area is 206 Å². The lowest BCUT2D eigenvalue weighted by molar-refractivity contribution is 0.340. The predicted octanol–water partition coefficient (Wildman–Crippen LogP) is 3.97. The molecule has 3 aromatic heterocycles. The van der Waals surface area contributed by atoms with Crippen molar-refractivity contribution >= 4 is 11.0 Å². The number of pyridine rings is 1. The SMILES string of the molecule is CCOc1ccc(-c2nc(Cn3c(=O)c4cccnc4n(-c4ccc(OC)cc4)c3=O)c(C)o2)cc1. The molecule has 0 unspecified atom stereocenters. The molecule has 0 aliphatic heterocycles. The van der Waals surface area contributed by atoms with Gasteiger partial charge in [0.2, 0.25) is 5.89 Å². The first kappa shape index (κ1) is 23.1.